The van der Waals surface area contributed by atoms with E-state index in [-0.39, 0.29) is 17.7 Å². The summed E-state index contributed by atoms with van der Waals surface area (Å²) in [6.45, 7) is -0.357. The van der Waals surface area contributed by atoms with Crippen molar-refractivity contribution < 1.29 is 22.5 Å². The summed E-state index contributed by atoms with van der Waals surface area (Å²) in [6, 6.07) is 16.2. The first-order chi connectivity index (χ1) is 11.0. The first-order valence-electron chi connectivity index (χ1n) is 7.03. The molecule has 23 heavy (non-hydrogen) atoms. The minimum Gasteiger partial charge on any atom is -0.287 e. The molecule has 0 fully saturated rings. The number of pyridine rings is 1. The molecule has 0 N–H and O–H groups in total. The number of rotatable bonds is 3. The van der Waals surface area contributed by atoms with Gasteiger partial charge in [0.05, 0.1) is 5.39 Å². The highest BCUT2D eigenvalue weighted by atomic mass is 19.4. The third-order valence-electron chi connectivity index (χ3n) is 3.62. The minimum atomic E-state index is -4.54. The van der Waals surface area contributed by atoms with Crippen LogP contribution in [0, 0.1) is 0 Å². The summed E-state index contributed by atoms with van der Waals surface area (Å²) < 4.78 is 41.5. The smallest absolute Gasteiger partial charge is 0.287 e. The van der Waals surface area contributed by atoms with Gasteiger partial charge in [0.25, 0.3) is 5.69 Å². The van der Waals surface area contributed by atoms with Crippen LogP contribution in [0.25, 0.3) is 10.8 Å². The monoisotopic (exact) mass is 316 g/mol. The van der Waals surface area contributed by atoms with E-state index in [1.54, 1.807) is 54.6 Å². The maximum absolute atomic E-state index is 13.5. The predicted molar refractivity (Wildman–Crippen MR) is 79.9 cm³/mol. The molecule has 1 heterocycles. The zero-order valence-electron chi connectivity index (χ0n) is 12.0. The number of nitrogens with zero attached hydrogens (tertiary/aromatic N) is 1. The van der Waals surface area contributed by atoms with E-state index in [2.05, 4.69) is 0 Å². The molecule has 0 saturated carbocycles. The molecule has 116 valence electrons. The zero-order valence-corrected chi connectivity index (χ0v) is 12.0. The Kier molecular flexibility index (Phi) is 3.86. The van der Waals surface area contributed by atoms with Crippen molar-refractivity contribution >= 4 is 16.6 Å². The van der Waals surface area contributed by atoms with Gasteiger partial charge in [-0.2, -0.15) is 17.7 Å². The molecular weight excluding hydrogens is 303 g/mol. The summed E-state index contributed by atoms with van der Waals surface area (Å²) in [6.07, 6.45) is -3.23. The SMILES string of the molecule is O=C(C[n+]1ccc2ccccc2c1C(F)(F)F)c1ccccc1. The molecule has 0 aliphatic heterocycles. The van der Waals surface area contributed by atoms with Crippen LogP contribution in [-0.2, 0) is 12.7 Å². The van der Waals surface area contributed by atoms with Crippen molar-refractivity contribution in [2.45, 2.75) is 12.7 Å². The largest absolute Gasteiger partial charge is 0.478 e. The van der Waals surface area contributed by atoms with E-state index in [0.717, 1.165) is 4.57 Å². The van der Waals surface area contributed by atoms with Gasteiger partial charge in [-0.25, -0.2) is 0 Å². The van der Waals surface area contributed by atoms with Crippen molar-refractivity contribution in [3.63, 3.8) is 0 Å². The van der Waals surface area contributed by atoms with Crippen molar-refractivity contribution in [3.05, 3.63) is 78.1 Å². The van der Waals surface area contributed by atoms with Crippen LogP contribution in [0.15, 0.2) is 66.9 Å². The van der Waals surface area contributed by atoms with E-state index < -0.39 is 11.9 Å². The molecule has 0 atom stereocenters. The maximum Gasteiger partial charge on any atom is 0.478 e. The van der Waals surface area contributed by atoms with Gasteiger partial charge in [-0.3, -0.25) is 4.79 Å². The Bertz CT molecular complexity index is 857. The van der Waals surface area contributed by atoms with Crippen LogP contribution in [0.4, 0.5) is 13.2 Å². The summed E-state index contributed by atoms with van der Waals surface area (Å²) in [4.78, 5) is 12.2. The highest BCUT2D eigenvalue weighted by Crippen LogP contribution is 2.32. The number of Topliss-reactive ketones (excluding diaryl/α,β-unsaturated/α-hetero) is 1. The van der Waals surface area contributed by atoms with E-state index >= 15 is 0 Å². The van der Waals surface area contributed by atoms with Crippen LogP contribution in [0.1, 0.15) is 16.1 Å². The molecular formula is C18H13F3NO+. The van der Waals surface area contributed by atoms with Gasteiger partial charge in [0, 0.05) is 11.6 Å². The van der Waals surface area contributed by atoms with Gasteiger partial charge in [-0.05, 0) is 11.5 Å². The fourth-order valence-corrected chi connectivity index (χ4v) is 2.57. The van der Waals surface area contributed by atoms with E-state index in [0.29, 0.717) is 10.9 Å². The number of ketones is 1. The molecule has 0 spiro atoms. The summed E-state index contributed by atoms with van der Waals surface area (Å²) in [5.74, 6) is -0.364. The molecule has 0 aliphatic rings. The number of alkyl halides is 3. The van der Waals surface area contributed by atoms with Crippen LogP contribution >= 0.6 is 0 Å². The molecule has 1 aromatic heterocycles. The Balaban J connectivity index is 2.09. The van der Waals surface area contributed by atoms with Gasteiger partial charge in [0.1, 0.15) is 0 Å². The van der Waals surface area contributed by atoms with Crippen molar-refractivity contribution in [3.8, 4) is 0 Å². The fraction of sp³-hybridized carbons (Fsp3) is 0.111. The maximum atomic E-state index is 13.5. The number of benzene rings is 2. The highest BCUT2D eigenvalue weighted by molar-refractivity contribution is 5.95. The highest BCUT2D eigenvalue weighted by Gasteiger charge is 2.43. The average Bonchev–Trinajstić information content (AvgIpc) is 2.54. The lowest BCUT2D eigenvalue weighted by Crippen LogP contribution is -2.45. The molecule has 0 saturated heterocycles. The van der Waals surface area contributed by atoms with Crippen LogP contribution < -0.4 is 4.57 Å². The van der Waals surface area contributed by atoms with E-state index in [1.807, 2.05) is 0 Å². The molecule has 0 unspecified atom stereocenters. The third-order valence-corrected chi connectivity index (χ3v) is 3.62. The van der Waals surface area contributed by atoms with E-state index in [4.69, 9.17) is 0 Å². The summed E-state index contributed by atoms with van der Waals surface area (Å²) in [5.41, 5.74) is -0.416. The molecule has 0 amide bonds. The van der Waals surface area contributed by atoms with Crippen molar-refractivity contribution in [1.29, 1.82) is 0 Å². The molecule has 5 heteroatoms. The molecule has 2 nitrogen and oxygen atoms in total. The van der Waals surface area contributed by atoms with Crippen LogP contribution in [0.3, 0.4) is 0 Å². The Morgan fingerprint density at radius 2 is 1.57 bits per heavy atom. The third kappa shape index (κ3) is 3.08. The Morgan fingerprint density at radius 3 is 2.26 bits per heavy atom. The van der Waals surface area contributed by atoms with Crippen LogP contribution in [0.2, 0.25) is 0 Å². The number of hydrogen-bond acceptors (Lipinski definition) is 1. The van der Waals surface area contributed by atoms with Gasteiger partial charge < -0.3 is 0 Å². The quantitative estimate of drug-likeness (QED) is 0.528. The van der Waals surface area contributed by atoms with Gasteiger partial charge >= 0.3 is 6.18 Å². The lowest BCUT2D eigenvalue weighted by atomic mass is 10.1. The lowest BCUT2D eigenvalue weighted by Gasteiger charge is -2.10. The van der Waals surface area contributed by atoms with Crippen LogP contribution in [0.5, 0.6) is 0 Å². The first kappa shape index (κ1) is 15.2. The van der Waals surface area contributed by atoms with Crippen molar-refractivity contribution in [2.24, 2.45) is 0 Å². The zero-order chi connectivity index (χ0) is 16.4. The first-order valence-corrected chi connectivity index (χ1v) is 7.03. The molecule has 3 aromatic rings. The Morgan fingerprint density at radius 1 is 0.913 bits per heavy atom. The standard InChI is InChI=1S/C18H13F3NO/c19-18(20,21)17-15-9-5-4-6-13(15)10-11-22(17)12-16(23)14-7-2-1-3-8-14/h1-11H,12H2/q+1. The number of carbonyl (C=O) groups excluding carboxylic acids is 1. The molecule has 0 bridgehead atoms. The van der Waals surface area contributed by atoms with Gasteiger partial charge in [-0.15, -0.1) is 0 Å². The predicted octanol–water partition coefficient (Wildman–Crippen LogP) is 4.03. The second-order valence-corrected chi connectivity index (χ2v) is 5.17. The Hall–Kier alpha value is -2.69. The van der Waals surface area contributed by atoms with Crippen LogP contribution in [-0.4, -0.2) is 5.78 Å². The topological polar surface area (TPSA) is 20.9 Å². The summed E-state index contributed by atoms with van der Waals surface area (Å²) >= 11 is 0. The molecule has 2 aromatic carbocycles. The second-order valence-electron chi connectivity index (χ2n) is 5.17. The number of hydrogen-bond donors (Lipinski definition) is 0. The normalized spacial score (nSPS) is 11.6. The van der Waals surface area contributed by atoms with Crippen molar-refractivity contribution in [1.82, 2.24) is 0 Å². The van der Waals surface area contributed by atoms with Gasteiger partial charge in [0.2, 0.25) is 12.3 Å². The fourth-order valence-electron chi connectivity index (χ4n) is 2.57. The second kappa shape index (κ2) is 5.83. The number of carbonyl (C=O) groups is 1. The van der Waals surface area contributed by atoms with Gasteiger partial charge in [0.15, 0.2) is 6.20 Å². The van der Waals surface area contributed by atoms with E-state index in [9.17, 15) is 18.0 Å². The number of fused-ring (bicyclic) bond motifs is 1. The minimum absolute atomic E-state index is 0.0864. The number of aromatic nitrogens is 1. The lowest BCUT2D eigenvalue weighted by molar-refractivity contribution is -0.700. The summed E-state index contributed by atoms with van der Waals surface area (Å²) in [7, 11) is 0. The Labute approximate surface area is 130 Å². The van der Waals surface area contributed by atoms with Gasteiger partial charge in [-0.1, -0.05) is 48.5 Å². The average molecular weight is 316 g/mol. The number of halogens is 3. The molecule has 0 radical (unpaired) electrons. The molecule has 0 aliphatic carbocycles. The van der Waals surface area contributed by atoms with E-state index in [1.165, 1.54) is 12.3 Å². The summed E-state index contributed by atoms with van der Waals surface area (Å²) in [5, 5.41) is 0.576. The van der Waals surface area contributed by atoms with Crippen molar-refractivity contribution in [2.75, 3.05) is 0 Å². The molecule has 3 rings (SSSR count).